The zero-order valence-electron chi connectivity index (χ0n) is 13.2. The standard InChI is InChI=1S/C16H22N4O3/c1-19(10-14(17)21)11-15(22)18-9-12-4-2-5-13(8-12)20-7-3-6-16(20)23/h2,4-5,8H,3,6-7,9-11H2,1H3,(H2,17,21)(H,18,22). The molecule has 1 fully saturated rings. The molecule has 124 valence electrons. The van der Waals surface area contributed by atoms with Crippen LogP contribution in [-0.4, -0.2) is 49.3 Å². The van der Waals surface area contributed by atoms with E-state index in [1.807, 2.05) is 24.3 Å². The van der Waals surface area contributed by atoms with Gasteiger partial charge in [-0.25, -0.2) is 0 Å². The molecular formula is C16H22N4O3. The Balaban J connectivity index is 1.87. The van der Waals surface area contributed by atoms with Gasteiger partial charge in [0.1, 0.15) is 0 Å². The van der Waals surface area contributed by atoms with Gasteiger partial charge < -0.3 is 16.0 Å². The molecule has 0 saturated carbocycles. The van der Waals surface area contributed by atoms with Crippen LogP contribution in [0.15, 0.2) is 24.3 Å². The lowest BCUT2D eigenvalue weighted by Crippen LogP contribution is -2.39. The third-order valence-electron chi connectivity index (χ3n) is 3.62. The number of likely N-dealkylation sites (N-methyl/N-ethyl adjacent to an activating group) is 1. The summed E-state index contributed by atoms with van der Waals surface area (Å²) in [5, 5.41) is 2.80. The fourth-order valence-electron chi connectivity index (χ4n) is 2.58. The van der Waals surface area contributed by atoms with E-state index in [1.165, 1.54) is 0 Å². The van der Waals surface area contributed by atoms with Crippen LogP contribution in [0.2, 0.25) is 0 Å². The smallest absolute Gasteiger partial charge is 0.234 e. The van der Waals surface area contributed by atoms with Gasteiger partial charge in [-0.2, -0.15) is 0 Å². The molecule has 1 aromatic carbocycles. The summed E-state index contributed by atoms with van der Waals surface area (Å²) in [5.74, 6) is -0.515. The Bertz CT molecular complexity index is 603. The summed E-state index contributed by atoms with van der Waals surface area (Å²) in [6, 6.07) is 7.59. The minimum absolute atomic E-state index is 0.0416. The fourth-order valence-corrected chi connectivity index (χ4v) is 2.58. The van der Waals surface area contributed by atoms with Crippen molar-refractivity contribution >= 4 is 23.4 Å². The molecule has 1 heterocycles. The summed E-state index contributed by atoms with van der Waals surface area (Å²) in [7, 11) is 1.66. The summed E-state index contributed by atoms with van der Waals surface area (Å²) in [5.41, 5.74) is 6.87. The zero-order valence-corrected chi connectivity index (χ0v) is 13.2. The molecule has 0 atom stereocenters. The molecule has 7 nitrogen and oxygen atoms in total. The van der Waals surface area contributed by atoms with Crippen molar-refractivity contribution in [1.29, 1.82) is 0 Å². The summed E-state index contributed by atoms with van der Waals surface area (Å²) in [4.78, 5) is 37.7. The lowest BCUT2D eigenvalue weighted by molar-refractivity contribution is -0.123. The van der Waals surface area contributed by atoms with Crippen molar-refractivity contribution < 1.29 is 14.4 Å². The number of nitrogens with zero attached hydrogens (tertiary/aromatic N) is 2. The minimum atomic E-state index is -0.469. The number of rotatable bonds is 7. The first-order valence-corrected chi connectivity index (χ1v) is 7.58. The number of primary amides is 1. The largest absolute Gasteiger partial charge is 0.369 e. The molecular weight excluding hydrogens is 296 g/mol. The van der Waals surface area contributed by atoms with Crippen molar-refractivity contribution in [2.75, 3.05) is 31.6 Å². The van der Waals surface area contributed by atoms with Gasteiger partial charge in [-0.3, -0.25) is 19.3 Å². The molecule has 0 spiro atoms. The average molecular weight is 318 g/mol. The Morgan fingerprint density at radius 1 is 1.35 bits per heavy atom. The number of hydrogen-bond acceptors (Lipinski definition) is 4. The highest BCUT2D eigenvalue weighted by Gasteiger charge is 2.21. The maximum absolute atomic E-state index is 11.8. The molecule has 1 aliphatic rings. The summed E-state index contributed by atoms with van der Waals surface area (Å²) in [6.45, 7) is 1.26. The third-order valence-corrected chi connectivity index (χ3v) is 3.62. The molecule has 7 heteroatoms. The number of carbonyl (C=O) groups is 3. The van der Waals surface area contributed by atoms with E-state index in [2.05, 4.69) is 5.32 Å². The molecule has 3 N–H and O–H groups in total. The van der Waals surface area contributed by atoms with Crippen LogP contribution < -0.4 is 16.0 Å². The van der Waals surface area contributed by atoms with Gasteiger partial charge in [-0.05, 0) is 31.2 Å². The van der Waals surface area contributed by atoms with E-state index >= 15 is 0 Å². The number of hydrogen-bond donors (Lipinski definition) is 2. The maximum Gasteiger partial charge on any atom is 0.234 e. The van der Waals surface area contributed by atoms with Crippen LogP contribution in [0.5, 0.6) is 0 Å². The molecule has 0 aromatic heterocycles. The lowest BCUT2D eigenvalue weighted by atomic mass is 10.2. The zero-order chi connectivity index (χ0) is 16.8. The SMILES string of the molecule is CN(CC(N)=O)CC(=O)NCc1cccc(N2CCCC2=O)c1. The minimum Gasteiger partial charge on any atom is -0.369 e. The van der Waals surface area contributed by atoms with Crippen molar-refractivity contribution in [3.05, 3.63) is 29.8 Å². The predicted octanol–water partition coefficient (Wildman–Crippen LogP) is -0.153. The van der Waals surface area contributed by atoms with Gasteiger partial charge in [0.05, 0.1) is 13.1 Å². The Hall–Kier alpha value is -2.41. The molecule has 23 heavy (non-hydrogen) atoms. The van der Waals surface area contributed by atoms with Crippen LogP contribution in [-0.2, 0) is 20.9 Å². The van der Waals surface area contributed by atoms with E-state index in [0.717, 1.165) is 24.2 Å². The Morgan fingerprint density at radius 3 is 2.78 bits per heavy atom. The van der Waals surface area contributed by atoms with Gasteiger partial charge in [-0.15, -0.1) is 0 Å². The van der Waals surface area contributed by atoms with Gasteiger partial charge in [0.2, 0.25) is 17.7 Å². The van der Waals surface area contributed by atoms with Crippen LogP contribution in [0.4, 0.5) is 5.69 Å². The van der Waals surface area contributed by atoms with Crippen LogP contribution in [0.25, 0.3) is 0 Å². The molecule has 2 rings (SSSR count). The summed E-state index contributed by atoms with van der Waals surface area (Å²) < 4.78 is 0. The second-order valence-corrected chi connectivity index (χ2v) is 5.73. The van der Waals surface area contributed by atoms with Crippen molar-refractivity contribution in [3.8, 4) is 0 Å². The number of benzene rings is 1. The lowest BCUT2D eigenvalue weighted by Gasteiger charge is -2.17. The third kappa shape index (κ3) is 5.07. The number of amides is 3. The van der Waals surface area contributed by atoms with E-state index in [1.54, 1.807) is 16.8 Å². The molecule has 0 radical (unpaired) electrons. The second kappa shape index (κ2) is 7.73. The number of carbonyl (C=O) groups excluding carboxylic acids is 3. The maximum atomic E-state index is 11.8. The van der Waals surface area contributed by atoms with Crippen LogP contribution >= 0.6 is 0 Å². The number of nitrogens with one attached hydrogen (secondary N) is 1. The number of anilines is 1. The van der Waals surface area contributed by atoms with Gasteiger partial charge in [0, 0.05) is 25.2 Å². The predicted molar refractivity (Wildman–Crippen MR) is 86.6 cm³/mol. The van der Waals surface area contributed by atoms with Crippen LogP contribution in [0.3, 0.4) is 0 Å². The molecule has 1 aliphatic heterocycles. The monoisotopic (exact) mass is 318 g/mol. The molecule has 1 aromatic rings. The first kappa shape index (κ1) is 17.0. The van der Waals surface area contributed by atoms with Crippen LogP contribution in [0, 0.1) is 0 Å². The Morgan fingerprint density at radius 2 is 2.13 bits per heavy atom. The average Bonchev–Trinajstić information content (AvgIpc) is 2.90. The first-order chi connectivity index (χ1) is 11.0. The van der Waals surface area contributed by atoms with Gasteiger partial charge >= 0.3 is 0 Å². The van der Waals surface area contributed by atoms with Crippen molar-refractivity contribution in [3.63, 3.8) is 0 Å². The Kier molecular flexibility index (Phi) is 5.70. The number of nitrogens with two attached hydrogens (primary N) is 1. The van der Waals surface area contributed by atoms with E-state index in [-0.39, 0.29) is 24.9 Å². The summed E-state index contributed by atoms with van der Waals surface area (Å²) >= 11 is 0. The highest BCUT2D eigenvalue weighted by atomic mass is 16.2. The van der Waals surface area contributed by atoms with Crippen molar-refractivity contribution in [1.82, 2.24) is 10.2 Å². The molecule has 0 bridgehead atoms. The summed E-state index contributed by atoms with van der Waals surface area (Å²) in [6.07, 6.45) is 1.47. The fraction of sp³-hybridized carbons (Fsp3) is 0.438. The van der Waals surface area contributed by atoms with E-state index in [4.69, 9.17) is 5.73 Å². The molecule has 0 aliphatic carbocycles. The topological polar surface area (TPSA) is 95.7 Å². The van der Waals surface area contributed by atoms with Crippen LogP contribution in [0.1, 0.15) is 18.4 Å². The van der Waals surface area contributed by atoms with Crippen molar-refractivity contribution in [2.24, 2.45) is 5.73 Å². The quantitative estimate of drug-likeness (QED) is 0.730. The highest BCUT2D eigenvalue weighted by molar-refractivity contribution is 5.95. The van der Waals surface area contributed by atoms with Gasteiger partial charge in [0.15, 0.2) is 0 Å². The molecule has 3 amide bonds. The van der Waals surface area contributed by atoms with E-state index in [9.17, 15) is 14.4 Å². The normalized spacial score (nSPS) is 14.3. The highest BCUT2D eigenvalue weighted by Crippen LogP contribution is 2.22. The Labute approximate surface area is 135 Å². The molecule has 1 saturated heterocycles. The first-order valence-electron chi connectivity index (χ1n) is 7.58. The van der Waals surface area contributed by atoms with Gasteiger partial charge in [0.25, 0.3) is 0 Å². The van der Waals surface area contributed by atoms with Gasteiger partial charge in [-0.1, -0.05) is 12.1 Å². The van der Waals surface area contributed by atoms with E-state index in [0.29, 0.717) is 13.0 Å². The molecule has 0 unspecified atom stereocenters. The van der Waals surface area contributed by atoms with E-state index < -0.39 is 5.91 Å². The van der Waals surface area contributed by atoms with Crippen molar-refractivity contribution in [2.45, 2.75) is 19.4 Å². The second-order valence-electron chi connectivity index (χ2n) is 5.73.